The van der Waals surface area contributed by atoms with Gasteiger partial charge in [-0.3, -0.25) is 9.69 Å². The molecule has 3 rings (SSSR count). The molecule has 1 N–H and O–H groups in total. The first kappa shape index (κ1) is 22.3. The van der Waals surface area contributed by atoms with E-state index < -0.39 is 6.10 Å². The highest BCUT2D eigenvalue weighted by Gasteiger charge is 2.19. The Labute approximate surface area is 177 Å². The molecule has 0 spiro atoms. The molecule has 1 aliphatic rings. The monoisotopic (exact) mass is 416 g/mol. The van der Waals surface area contributed by atoms with Crippen LogP contribution in [0.1, 0.15) is 37.8 Å². The van der Waals surface area contributed by atoms with Crippen molar-refractivity contribution in [3.8, 4) is 5.75 Å². The van der Waals surface area contributed by atoms with Crippen molar-refractivity contribution < 1.29 is 18.7 Å². The standard InChI is InChI=1S/C23H32N2O5/c1-4-6-18-15-21(26)30-20-14-16(2)13-19(22(18)20)29-17(3)23(27)24-7-5-8-25-9-11-28-12-10-25/h13-15,17H,4-12H2,1-3H3,(H,24,27)/t17-/m1/s1. The normalized spacial score (nSPS) is 15.8. The molecular weight excluding hydrogens is 384 g/mol. The van der Waals surface area contributed by atoms with E-state index in [9.17, 15) is 9.59 Å². The summed E-state index contributed by atoms with van der Waals surface area (Å²) >= 11 is 0. The van der Waals surface area contributed by atoms with Crippen molar-refractivity contribution in [3.05, 3.63) is 39.7 Å². The van der Waals surface area contributed by atoms with Crippen molar-refractivity contribution in [3.63, 3.8) is 0 Å². The summed E-state index contributed by atoms with van der Waals surface area (Å²) in [4.78, 5) is 26.8. The van der Waals surface area contributed by atoms with Crippen LogP contribution >= 0.6 is 0 Å². The molecule has 2 heterocycles. The number of carbonyl (C=O) groups is 1. The van der Waals surface area contributed by atoms with E-state index in [1.165, 1.54) is 6.07 Å². The first-order valence-corrected chi connectivity index (χ1v) is 10.8. The highest BCUT2D eigenvalue weighted by atomic mass is 16.5. The van der Waals surface area contributed by atoms with Crippen molar-refractivity contribution in [1.29, 1.82) is 0 Å². The van der Waals surface area contributed by atoms with E-state index in [4.69, 9.17) is 13.9 Å². The maximum Gasteiger partial charge on any atom is 0.336 e. The molecule has 0 unspecified atom stereocenters. The summed E-state index contributed by atoms with van der Waals surface area (Å²) in [5.41, 5.74) is 1.93. The number of benzene rings is 1. The minimum Gasteiger partial charge on any atom is -0.480 e. The Morgan fingerprint density at radius 1 is 1.27 bits per heavy atom. The van der Waals surface area contributed by atoms with Gasteiger partial charge < -0.3 is 19.2 Å². The Morgan fingerprint density at radius 3 is 2.77 bits per heavy atom. The Hall–Kier alpha value is -2.38. The van der Waals surface area contributed by atoms with Gasteiger partial charge in [-0.25, -0.2) is 4.79 Å². The number of aryl methyl sites for hydroxylation is 2. The predicted octanol–water partition coefficient (Wildman–Crippen LogP) is 2.66. The van der Waals surface area contributed by atoms with Crippen LogP contribution in [0.25, 0.3) is 11.0 Å². The van der Waals surface area contributed by atoms with E-state index in [0.717, 1.165) is 68.6 Å². The minimum atomic E-state index is -0.653. The number of ether oxygens (including phenoxy) is 2. The van der Waals surface area contributed by atoms with Gasteiger partial charge in [-0.15, -0.1) is 0 Å². The molecule has 0 aliphatic carbocycles. The van der Waals surface area contributed by atoms with Crippen molar-refractivity contribution in [2.24, 2.45) is 0 Å². The fourth-order valence-corrected chi connectivity index (χ4v) is 3.76. The summed E-state index contributed by atoms with van der Waals surface area (Å²) in [6, 6.07) is 5.24. The highest BCUT2D eigenvalue weighted by molar-refractivity contribution is 5.88. The molecule has 0 bridgehead atoms. The Bertz CT molecular complexity index is 918. The molecule has 1 aromatic heterocycles. The van der Waals surface area contributed by atoms with Gasteiger partial charge in [0, 0.05) is 25.7 Å². The second-order valence-electron chi connectivity index (χ2n) is 7.84. The molecule has 0 radical (unpaired) electrons. The third kappa shape index (κ3) is 5.83. The predicted molar refractivity (Wildman–Crippen MR) is 116 cm³/mol. The zero-order chi connectivity index (χ0) is 21.5. The van der Waals surface area contributed by atoms with E-state index in [0.29, 0.717) is 17.9 Å². The molecule has 7 heteroatoms. The average molecular weight is 417 g/mol. The lowest BCUT2D eigenvalue weighted by Gasteiger charge is -2.26. The largest absolute Gasteiger partial charge is 0.480 e. The first-order valence-electron chi connectivity index (χ1n) is 10.8. The van der Waals surface area contributed by atoms with Crippen LogP contribution in [0.3, 0.4) is 0 Å². The van der Waals surface area contributed by atoms with Gasteiger partial charge in [0.05, 0.1) is 18.6 Å². The Morgan fingerprint density at radius 2 is 2.03 bits per heavy atom. The summed E-state index contributed by atoms with van der Waals surface area (Å²) < 4.78 is 16.8. The topological polar surface area (TPSA) is 81.0 Å². The number of nitrogens with zero attached hydrogens (tertiary/aromatic N) is 1. The van der Waals surface area contributed by atoms with E-state index >= 15 is 0 Å². The van der Waals surface area contributed by atoms with Crippen LogP contribution in [-0.4, -0.2) is 56.3 Å². The lowest BCUT2D eigenvalue weighted by molar-refractivity contribution is -0.127. The quantitative estimate of drug-likeness (QED) is 0.500. The minimum absolute atomic E-state index is 0.152. The van der Waals surface area contributed by atoms with Gasteiger partial charge in [0.2, 0.25) is 0 Å². The van der Waals surface area contributed by atoms with Crippen LogP contribution < -0.4 is 15.7 Å². The van der Waals surface area contributed by atoms with Crippen LogP contribution in [0.2, 0.25) is 0 Å². The van der Waals surface area contributed by atoms with Gasteiger partial charge in [0.15, 0.2) is 6.10 Å². The molecule has 1 fully saturated rings. The summed E-state index contributed by atoms with van der Waals surface area (Å²) in [6.07, 6.45) is 1.87. The zero-order valence-corrected chi connectivity index (χ0v) is 18.2. The molecule has 1 aliphatic heterocycles. The third-order valence-corrected chi connectivity index (χ3v) is 5.28. The number of hydrogen-bond donors (Lipinski definition) is 1. The van der Waals surface area contributed by atoms with Crippen molar-refractivity contribution in [1.82, 2.24) is 10.2 Å². The molecule has 2 aromatic rings. The van der Waals surface area contributed by atoms with Crippen molar-refractivity contribution in [2.75, 3.05) is 39.4 Å². The number of rotatable bonds is 9. The Kier molecular flexibility index (Phi) is 7.87. The van der Waals surface area contributed by atoms with Crippen molar-refractivity contribution >= 4 is 16.9 Å². The Balaban J connectivity index is 1.64. The summed E-state index contributed by atoms with van der Waals surface area (Å²) in [6.45, 7) is 10.7. The second kappa shape index (κ2) is 10.6. The van der Waals surface area contributed by atoms with Crippen LogP contribution in [0.4, 0.5) is 0 Å². The maximum absolute atomic E-state index is 12.5. The van der Waals surface area contributed by atoms with E-state index in [1.807, 2.05) is 19.1 Å². The fourth-order valence-electron chi connectivity index (χ4n) is 3.76. The third-order valence-electron chi connectivity index (χ3n) is 5.28. The lowest BCUT2D eigenvalue weighted by atomic mass is 10.0. The number of morpholine rings is 1. The second-order valence-corrected chi connectivity index (χ2v) is 7.84. The molecule has 1 atom stereocenters. The number of fused-ring (bicyclic) bond motifs is 1. The molecule has 1 amide bonds. The number of nitrogens with one attached hydrogen (secondary N) is 1. The van der Waals surface area contributed by atoms with Crippen LogP contribution in [0.15, 0.2) is 27.4 Å². The number of amides is 1. The molecule has 0 saturated carbocycles. The van der Waals surface area contributed by atoms with Crippen molar-refractivity contribution in [2.45, 2.75) is 46.1 Å². The van der Waals surface area contributed by atoms with Crippen LogP contribution in [0, 0.1) is 6.92 Å². The van der Waals surface area contributed by atoms with Gasteiger partial charge >= 0.3 is 5.63 Å². The molecule has 7 nitrogen and oxygen atoms in total. The fraction of sp³-hybridized carbons (Fsp3) is 0.565. The van der Waals surface area contributed by atoms with Crippen LogP contribution in [0.5, 0.6) is 5.75 Å². The summed E-state index contributed by atoms with van der Waals surface area (Å²) in [7, 11) is 0. The van der Waals surface area contributed by atoms with E-state index in [2.05, 4.69) is 17.1 Å². The number of hydrogen-bond acceptors (Lipinski definition) is 6. The molecule has 1 aromatic carbocycles. The SMILES string of the molecule is CCCc1cc(=O)oc2cc(C)cc(O[C@H](C)C(=O)NCCCN3CCOCC3)c12. The van der Waals surface area contributed by atoms with Gasteiger partial charge in [-0.05, 0) is 56.5 Å². The van der Waals surface area contributed by atoms with E-state index in [1.54, 1.807) is 6.92 Å². The van der Waals surface area contributed by atoms with Gasteiger partial charge in [0.1, 0.15) is 11.3 Å². The van der Waals surface area contributed by atoms with Crippen LogP contribution in [-0.2, 0) is 16.0 Å². The maximum atomic E-state index is 12.5. The van der Waals surface area contributed by atoms with Gasteiger partial charge in [0.25, 0.3) is 5.91 Å². The summed E-state index contributed by atoms with van der Waals surface area (Å²) in [5.74, 6) is 0.425. The van der Waals surface area contributed by atoms with Gasteiger partial charge in [-0.1, -0.05) is 13.3 Å². The van der Waals surface area contributed by atoms with E-state index in [-0.39, 0.29) is 11.5 Å². The lowest BCUT2D eigenvalue weighted by Crippen LogP contribution is -2.40. The first-order chi connectivity index (χ1) is 14.5. The zero-order valence-electron chi connectivity index (χ0n) is 18.2. The van der Waals surface area contributed by atoms with Gasteiger partial charge in [-0.2, -0.15) is 0 Å². The molecule has 164 valence electrons. The molecular formula is C23H32N2O5. The average Bonchev–Trinajstić information content (AvgIpc) is 2.71. The smallest absolute Gasteiger partial charge is 0.336 e. The molecule has 1 saturated heterocycles. The number of carbonyl (C=O) groups excluding carboxylic acids is 1. The molecule has 30 heavy (non-hydrogen) atoms. The summed E-state index contributed by atoms with van der Waals surface area (Å²) in [5, 5.41) is 3.73. The highest BCUT2D eigenvalue weighted by Crippen LogP contribution is 2.31.